The number of carbonyl (C=O) groups is 1. The number of halogens is 2. The number of anilines is 1. The number of carbonyl (C=O) groups excluding carboxylic acids is 1. The maximum atomic E-state index is 13.4. The summed E-state index contributed by atoms with van der Waals surface area (Å²) in [5.74, 6) is -0.739. The Morgan fingerprint density at radius 2 is 2.00 bits per heavy atom. The van der Waals surface area contributed by atoms with Crippen molar-refractivity contribution < 1.29 is 22.0 Å². The van der Waals surface area contributed by atoms with Crippen molar-refractivity contribution >= 4 is 55.4 Å². The standard InChI is InChI=1S/C22H23FIN3O4S/c1-3-4-5-6-11-27(32(2,29)30)21-15(13-24)12-17-18(20(25)28)19(31-22(17)26-21)14-7-9-16(23)10-8-14/h3,7-10,12H,1,4-6,11,13H2,2H3,(H2,25,28). The number of sulfonamides is 1. The average Bonchev–Trinajstić information content (AvgIpc) is 3.11. The molecule has 7 nitrogen and oxygen atoms in total. The number of hydrogen-bond donors (Lipinski definition) is 1. The Kier molecular flexibility index (Phi) is 7.55. The Labute approximate surface area is 199 Å². The molecule has 0 saturated heterocycles. The van der Waals surface area contributed by atoms with Crippen LogP contribution in [0.4, 0.5) is 10.2 Å². The SMILES string of the molecule is C=CCCCCN(c1nc2oc(-c3ccc(F)cc3)c(C(N)=O)c2cc1CI)S(C)(=O)=O. The van der Waals surface area contributed by atoms with E-state index in [2.05, 4.69) is 34.2 Å². The number of benzene rings is 1. The molecule has 0 atom stereocenters. The highest BCUT2D eigenvalue weighted by Crippen LogP contribution is 2.36. The van der Waals surface area contributed by atoms with Crippen molar-refractivity contribution in [2.75, 3.05) is 17.1 Å². The van der Waals surface area contributed by atoms with Crippen LogP contribution in [0.2, 0.25) is 0 Å². The van der Waals surface area contributed by atoms with Gasteiger partial charge >= 0.3 is 0 Å². The Bertz CT molecular complexity index is 1260. The van der Waals surface area contributed by atoms with Gasteiger partial charge in [-0.05, 0) is 49.6 Å². The zero-order valence-corrected chi connectivity index (χ0v) is 20.4. The first-order valence-corrected chi connectivity index (χ1v) is 13.2. The van der Waals surface area contributed by atoms with E-state index in [1.807, 2.05) is 0 Å². The summed E-state index contributed by atoms with van der Waals surface area (Å²) in [4.78, 5) is 16.8. The molecule has 0 radical (unpaired) electrons. The van der Waals surface area contributed by atoms with E-state index in [9.17, 15) is 17.6 Å². The minimum atomic E-state index is -3.62. The number of primary amides is 1. The summed E-state index contributed by atoms with van der Waals surface area (Å²) in [7, 11) is -3.62. The van der Waals surface area contributed by atoms with Gasteiger partial charge in [0.25, 0.3) is 5.91 Å². The normalized spacial score (nSPS) is 11.6. The number of fused-ring (bicyclic) bond motifs is 1. The van der Waals surface area contributed by atoms with Crippen molar-refractivity contribution in [2.24, 2.45) is 5.73 Å². The molecule has 3 aromatic rings. The maximum Gasteiger partial charge on any atom is 0.253 e. The van der Waals surface area contributed by atoms with Crippen LogP contribution < -0.4 is 10.0 Å². The average molecular weight is 571 g/mol. The number of hydrogen-bond acceptors (Lipinski definition) is 5. The van der Waals surface area contributed by atoms with E-state index in [4.69, 9.17) is 10.2 Å². The van der Waals surface area contributed by atoms with Crippen LogP contribution in [-0.2, 0) is 14.5 Å². The number of pyridine rings is 1. The number of nitrogens with two attached hydrogens (primary N) is 1. The highest BCUT2D eigenvalue weighted by atomic mass is 127. The van der Waals surface area contributed by atoms with Crippen LogP contribution in [-0.4, -0.2) is 32.1 Å². The van der Waals surface area contributed by atoms with Crippen LogP contribution in [0.25, 0.3) is 22.4 Å². The van der Waals surface area contributed by atoms with Crippen molar-refractivity contribution in [2.45, 2.75) is 23.7 Å². The van der Waals surface area contributed by atoms with E-state index in [0.717, 1.165) is 19.1 Å². The third kappa shape index (κ3) is 5.12. The second-order valence-corrected chi connectivity index (χ2v) is 9.92. The summed E-state index contributed by atoms with van der Waals surface area (Å²) >= 11 is 2.11. The minimum absolute atomic E-state index is 0.0847. The van der Waals surface area contributed by atoms with E-state index < -0.39 is 21.7 Å². The summed E-state index contributed by atoms with van der Waals surface area (Å²) in [5, 5.41) is 0.382. The zero-order chi connectivity index (χ0) is 23.5. The quantitative estimate of drug-likeness (QED) is 0.163. The lowest BCUT2D eigenvalue weighted by atomic mass is 10.0. The molecule has 32 heavy (non-hydrogen) atoms. The molecule has 0 fully saturated rings. The van der Waals surface area contributed by atoms with Gasteiger partial charge in [-0.1, -0.05) is 28.7 Å². The predicted molar refractivity (Wildman–Crippen MR) is 132 cm³/mol. The molecule has 0 spiro atoms. The predicted octanol–water partition coefficient (Wildman–Crippen LogP) is 4.79. The van der Waals surface area contributed by atoms with Crippen LogP contribution in [0, 0.1) is 5.82 Å². The number of furan rings is 1. The van der Waals surface area contributed by atoms with Gasteiger partial charge in [-0.15, -0.1) is 6.58 Å². The van der Waals surface area contributed by atoms with E-state index in [0.29, 0.717) is 27.4 Å². The number of alkyl halides is 1. The van der Waals surface area contributed by atoms with Gasteiger partial charge in [0, 0.05) is 22.1 Å². The fourth-order valence-corrected chi connectivity index (χ4v) is 4.89. The van der Waals surface area contributed by atoms with Gasteiger partial charge in [0.15, 0.2) is 0 Å². The van der Waals surface area contributed by atoms with Crippen LogP contribution in [0.1, 0.15) is 35.2 Å². The molecule has 0 unspecified atom stereocenters. The topological polar surface area (TPSA) is 106 Å². The lowest BCUT2D eigenvalue weighted by molar-refractivity contribution is 0.100. The summed E-state index contributed by atoms with van der Waals surface area (Å²) in [5.41, 5.74) is 6.92. The highest BCUT2D eigenvalue weighted by molar-refractivity contribution is 14.1. The Balaban J connectivity index is 2.19. The first kappa shape index (κ1) is 24.2. The van der Waals surface area contributed by atoms with E-state index >= 15 is 0 Å². The van der Waals surface area contributed by atoms with Crippen LogP contribution in [0.15, 0.2) is 47.4 Å². The monoisotopic (exact) mass is 571 g/mol. The van der Waals surface area contributed by atoms with Crippen molar-refractivity contribution in [1.29, 1.82) is 0 Å². The van der Waals surface area contributed by atoms with Crippen LogP contribution >= 0.6 is 22.6 Å². The maximum absolute atomic E-state index is 13.4. The van der Waals surface area contributed by atoms with Crippen molar-refractivity contribution in [1.82, 2.24) is 4.98 Å². The molecular weight excluding hydrogens is 548 g/mol. The lowest BCUT2D eigenvalue weighted by Crippen LogP contribution is -2.32. The number of amides is 1. The fraction of sp³-hybridized carbons (Fsp3) is 0.273. The molecular formula is C22H23FIN3O4S. The number of unbranched alkanes of at least 4 members (excludes halogenated alkanes) is 2. The number of rotatable bonds is 10. The Hall–Kier alpha value is -2.47. The molecule has 0 bridgehead atoms. The summed E-state index contributed by atoms with van der Waals surface area (Å²) in [6.07, 6.45) is 5.12. The largest absolute Gasteiger partial charge is 0.437 e. The number of aromatic nitrogens is 1. The second-order valence-electron chi connectivity index (χ2n) is 7.25. The van der Waals surface area contributed by atoms with Gasteiger partial charge in [0.1, 0.15) is 17.4 Å². The molecule has 0 aliphatic rings. The molecule has 2 N–H and O–H groups in total. The van der Waals surface area contributed by atoms with E-state index in [1.165, 1.54) is 28.6 Å². The van der Waals surface area contributed by atoms with Gasteiger partial charge in [-0.3, -0.25) is 9.10 Å². The van der Waals surface area contributed by atoms with Crippen molar-refractivity contribution in [3.63, 3.8) is 0 Å². The summed E-state index contributed by atoms with van der Waals surface area (Å²) in [6, 6.07) is 7.13. The van der Waals surface area contributed by atoms with E-state index in [-0.39, 0.29) is 29.4 Å². The van der Waals surface area contributed by atoms with Gasteiger partial charge in [0.05, 0.1) is 17.2 Å². The second kappa shape index (κ2) is 9.99. The van der Waals surface area contributed by atoms with Crippen molar-refractivity contribution in [3.8, 4) is 11.3 Å². The molecule has 0 aliphatic carbocycles. The van der Waals surface area contributed by atoms with Crippen LogP contribution in [0.5, 0.6) is 0 Å². The molecule has 0 saturated carbocycles. The Morgan fingerprint density at radius 3 is 2.56 bits per heavy atom. The van der Waals surface area contributed by atoms with Gasteiger partial charge in [-0.25, -0.2) is 12.8 Å². The molecule has 0 aliphatic heterocycles. The number of nitrogens with zero attached hydrogens (tertiary/aromatic N) is 2. The van der Waals surface area contributed by atoms with Crippen LogP contribution in [0.3, 0.4) is 0 Å². The van der Waals surface area contributed by atoms with Gasteiger partial charge in [-0.2, -0.15) is 4.98 Å². The molecule has 1 aromatic carbocycles. The third-order valence-corrected chi connectivity index (χ3v) is 6.87. The molecule has 3 rings (SSSR count). The Morgan fingerprint density at radius 1 is 1.31 bits per heavy atom. The molecule has 2 heterocycles. The van der Waals surface area contributed by atoms with Gasteiger partial charge < -0.3 is 10.2 Å². The zero-order valence-electron chi connectivity index (χ0n) is 17.5. The smallest absolute Gasteiger partial charge is 0.253 e. The van der Waals surface area contributed by atoms with E-state index in [1.54, 1.807) is 12.1 Å². The molecule has 10 heteroatoms. The van der Waals surface area contributed by atoms with Crippen molar-refractivity contribution in [3.05, 3.63) is 59.9 Å². The van der Waals surface area contributed by atoms with Gasteiger partial charge in [0.2, 0.25) is 15.7 Å². The highest BCUT2D eigenvalue weighted by Gasteiger charge is 2.27. The summed E-state index contributed by atoms with van der Waals surface area (Å²) in [6.45, 7) is 3.94. The fourth-order valence-electron chi connectivity index (χ4n) is 3.39. The third-order valence-electron chi connectivity index (χ3n) is 4.89. The first-order valence-electron chi connectivity index (χ1n) is 9.84. The molecule has 2 aromatic heterocycles. The minimum Gasteiger partial charge on any atom is -0.437 e. The molecule has 1 amide bonds. The first-order chi connectivity index (χ1) is 15.2. The number of allylic oxidation sites excluding steroid dienone is 1. The lowest BCUT2D eigenvalue weighted by Gasteiger charge is -2.23. The summed E-state index contributed by atoms with van der Waals surface area (Å²) < 4.78 is 46.0. The molecule has 170 valence electrons.